The maximum Gasteiger partial charge on any atom is 0.261 e. The van der Waals surface area contributed by atoms with Crippen LogP contribution in [0.15, 0.2) is 78.2 Å². The Hall–Kier alpha value is -3.33. The van der Waals surface area contributed by atoms with Crippen LogP contribution >= 0.6 is 0 Å². The number of aliphatic hydroxyl groups is 1. The summed E-state index contributed by atoms with van der Waals surface area (Å²) >= 11 is 0. The molecular formula is C30H37N3O4S. The maximum atomic E-state index is 13.2. The summed E-state index contributed by atoms with van der Waals surface area (Å²) < 4.78 is 34.6. The molecule has 1 aliphatic heterocycles. The van der Waals surface area contributed by atoms with Gasteiger partial charge in [0.2, 0.25) is 0 Å². The molecule has 0 saturated carbocycles. The van der Waals surface area contributed by atoms with E-state index >= 15 is 0 Å². The molecular weight excluding hydrogens is 498 g/mol. The summed E-state index contributed by atoms with van der Waals surface area (Å²) in [5, 5.41) is 11.3. The standard InChI is InChI=1S/C30H37N3O4S/c1-4-6-9-23-12-15-25(16-13-23)31-38(35,36)26-17-14-24(5-2)27(22-26)30(34)33-20-18-32(19-21-33)28-10-7-8-11-29(28)37-3/h5,7-8,10-17,22,30-31,34H,2,4,6,9,18-21H2,1,3H3. The second-order valence-electron chi connectivity index (χ2n) is 9.47. The van der Waals surface area contributed by atoms with Crippen LogP contribution in [0.4, 0.5) is 11.4 Å². The predicted octanol–water partition coefficient (Wildman–Crippen LogP) is 5.29. The minimum Gasteiger partial charge on any atom is -0.495 e. The minimum atomic E-state index is -3.84. The van der Waals surface area contributed by atoms with Crippen molar-refractivity contribution < 1.29 is 18.3 Å². The third kappa shape index (κ3) is 6.38. The van der Waals surface area contributed by atoms with E-state index in [2.05, 4.69) is 23.1 Å². The monoisotopic (exact) mass is 535 g/mol. The van der Waals surface area contributed by atoms with Crippen molar-refractivity contribution in [3.8, 4) is 5.75 Å². The molecule has 0 amide bonds. The van der Waals surface area contributed by atoms with Crippen molar-refractivity contribution in [3.63, 3.8) is 0 Å². The van der Waals surface area contributed by atoms with Gasteiger partial charge in [0.05, 0.1) is 17.7 Å². The van der Waals surface area contributed by atoms with Crippen molar-refractivity contribution in [2.75, 3.05) is 42.9 Å². The Morgan fingerprint density at radius 1 is 1.05 bits per heavy atom. The molecule has 1 heterocycles. The van der Waals surface area contributed by atoms with E-state index in [1.165, 1.54) is 5.56 Å². The fourth-order valence-corrected chi connectivity index (χ4v) is 5.85. The van der Waals surface area contributed by atoms with E-state index in [9.17, 15) is 13.5 Å². The lowest BCUT2D eigenvalue weighted by molar-refractivity contribution is -0.00192. The van der Waals surface area contributed by atoms with E-state index in [1.54, 1.807) is 43.5 Å². The van der Waals surface area contributed by atoms with E-state index in [-0.39, 0.29) is 4.90 Å². The van der Waals surface area contributed by atoms with Crippen molar-refractivity contribution in [2.45, 2.75) is 37.3 Å². The van der Waals surface area contributed by atoms with Crippen molar-refractivity contribution in [1.82, 2.24) is 4.90 Å². The number of piperazine rings is 1. The van der Waals surface area contributed by atoms with Crippen LogP contribution in [0.3, 0.4) is 0 Å². The lowest BCUT2D eigenvalue weighted by Crippen LogP contribution is -2.47. The molecule has 0 aromatic heterocycles. The van der Waals surface area contributed by atoms with Crippen LogP contribution in [0.5, 0.6) is 5.75 Å². The van der Waals surface area contributed by atoms with Crippen LogP contribution in [-0.2, 0) is 16.4 Å². The quantitative estimate of drug-likeness (QED) is 0.347. The molecule has 3 aromatic carbocycles. The average Bonchev–Trinajstić information content (AvgIpc) is 2.96. The molecule has 1 saturated heterocycles. The highest BCUT2D eigenvalue weighted by molar-refractivity contribution is 7.92. The minimum absolute atomic E-state index is 0.0971. The van der Waals surface area contributed by atoms with Crippen molar-refractivity contribution in [3.05, 3.63) is 90.0 Å². The number of para-hydroxylation sites is 2. The first-order valence-corrected chi connectivity index (χ1v) is 14.5. The lowest BCUT2D eigenvalue weighted by Gasteiger charge is -2.39. The number of ether oxygens (including phenoxy) is 1. The van der Waals surface area contributed by atoms with Crippen LogP contribution in [0.1, 0.15) is 42.7 Å². The zero-order valence-electron chi connectivity index (χ0n) is 22.1. The fraction of sp³-hybridized carbons (Fsp3) is 0.333. The molecule has 8 heteroatoms. The third-order valence-electron chi connectivity index (χ3n) is 6.98. The highest BCUT2D eigenvalue weighted by Crippen LogP contribution is 2.31. The SMILES string of the molecule is C=Cc1ccc(S(=O)(=O)Nc2ccc(CCCC)cc2)cc1C(O)N1CCN(c2ccccc2OC)CC1. The van der Waals surface area contributed by atoms with Gasteiger partial charge >= 0.3 is 0 Å². The summed E-state index contributed by atoms with van der Waals surface area (Å²) in [6, 6.07) is 20.2. The molecule has 3 aromatic rings. The highest BCUT2D eigenvalue weighted by atomic mass is 32.2. The van der Waals surface area contributed by atoms with Crippen LogP contribution in [-0.4, -0.2) is 51.7 Å². The molecule has 1 atom stereocenters. The number of rotatable bonds is 11. The maximum absolute atomic E-state index is 13.2. The van der Waals surface area contributed by atoms with Crippen molar-refractivity contribution in [2.24, 2.45) is 0 Å². The zero-order chi connectivity index (χ0) is 27.1. The van der Waals surface area contributed by atoms with Crippen LogP contribution in [0.25, 0.3) is 6.08 Å². The number of nitrogens with one attached hydrogen (secondary N) is 1. The molecule has 0 radical (unpaired) electrons. The Morgan fingerprint density at radius 3 is 2.42 bits per heavy atom. The molecule has 1 aliphatic rings. The van der Waals surface area contributed by atoms with Crippen LogP contribution in [0.2, 0.25) is 0 Å². The van der Waals surface area contributed by atoms with Crippen molar-refractivity contribution in [1.29, 1.82) is 0 Å². The number of unbranched alkanes of at least 4 members (excludes halogenated alkanes) is 1. The van der Waals surface area contributed by atoms with Crippen molar-refractivity contribution >= 4 is 27.5 Å². The van der Waals surface area contributed by atoms with Gasteiger partial charge in [-0.3, -0.25) is 9.62 Å². The second kappa shape index (κ2) is 12.5. The largest absolute Gasteiger partial charge is 0.495 e. The summed E-state index contributed by atoms with van der Waals surface area (Å²) in [6.45, 7) is 8.63. The molecule has 0 aliphatic carbocycles. The Labute approximate surface area is 226 Å². The number of nitrogens with zero attached hydrogens (tertiary/aromatic N) is 2. The number of aliphatic hydroxyl groups excluding tert-OH is 1. The number of hydrogen-bond donors (Lipinski definition) is 2. The highest BCUT2D eigenvalue weighted by Gasteiger charge is 2.27. The number of aryl methyl sites for hydroxylation is 1. The molecule has 0 bridgehead atoms. The van der Waals surface area contributed by atoms with Gasteiger partial charge in [-0.05, 0) is 60.4 Å². The molecule has 0 spiro atoms. The molecule has 7 nitrogen and oxygen atoms in total. The molecule has 4 rings (SSSR count). The Balaban J connectivity index is 1.49. The Kier molecular flexibility index (Phi) is 9.09. The first-order chi connectivity index (χ1) is 18.4. The number of anilines is 2. The van der Waals surface area contributed by atoms with Gasteiger partial charge in [-0.25, -0.2) is 8.42 Å². The van der Waals surface area contributed by atoms with Gasteiger partial charge in [0.25, 0.3) is 10.0 Å². The van der Waals surface area contributed by atoms with Crippen LogP contribution < -0.4 is 14.4 Å². The lowest BCUT2D eigenvalue weighted by atomic mass is 10.0. The molecule has 2 N–H and O–H groups in total. The zero-order valence-corrected chi connectivity index (χ0v) is 23.0. The normalized spacial score (nSPS) is 15.2. The summed E-state index contributed by atoms with van der Waals surface area (Å²) in [5.41, 5.74) is 3.93. The molecule has 38 heavy (non-hydrogen) atoms. The molecule has 1 unspecified atom stereocenters. The topological polar surface area (TPSA) is 82.1 Å². The average molecular weight is 536 g/mol. The van der Waals surface area contributed by atoms with E-state index in [0.29, 0.717) is 43.0 Å². The number of hydrogen-bond acceptors (Lipinski definition) is 6. The van der Waals surface area contributed by atoms with E-state index in [4.69, 9.17) is 4.74 Å². The van der Waals surface area contributed by atoms with E-state index in [1.807, 2.05) is 41.3 Å². The summed E-state index contributed by atoms with van der Waals surface area (Å²) in [5.74, 6) is 0.816. The number of sulfonamides is 1. The third-order valence-corrected chi connectivity index (χ3v) is 8.36. The van der Waals surface area contributed by atoms with Gasteiger partial charge in [0.1, 0.15) is 12.0 Å². The van der Waals surface area contributed by atoms with Gasteiger partial charge in [0.15, 0.2) is 0 Å². The van der Waals surface area contributed by atoms with E-state index in [0.717, 1.165) is 30.7 Å². The Morgan fingerprint density at radius 2 is 1.76 bits per heavy atom. The predicted molar refractivity (Wildman–Crippen MR) is 154 cm³/mol. The molecule has 1 fully saturated rings. The summed E-state index contributed by atoms with van der Waals surface area (Å²) in [7, 11) is -2.18. The van der Waals surface area contributed by atoms with Gasteiger partial charge in [0, 0.05) is 37.4 Å². The fourth-order valence-electron chi connectivity index (χ4n) is 4.76. The summed E-state index contributed by atoms with van der Waals surface area (Å²) in [6.07, 6.45) is 3.86. The van der Waals surface area contributed by atoms with Crippen LogP contribution in [0, 0.1) is 0 Å². The second-order valence-corrected chi connectivity index (χ2v) is 11.2. The summed E-state index contributed by atoms with van der Waals surface area (Å²) in [4.78, 5) is 4.28. The van der Waals surface area contributed by atoms with Gasteiger partial charge < -0.3 is 14.7 Å². The number of methoxy groups -OCH3 is 1. The van der Waals surface area contributed by atoms with Gasteiger partial charge in [-0.1, -0.05) is 56.3 Å². The first kappa shape index (κ1) is 27.7. The Bertz CT molecular complexity index is 1330. The first-order valence-electron chi connectivity index (χ1n) is 13.0. The van der Waals surface area contributed by atoms with E-state index < -0.39 is 16.3 Å². The van der Waals surface area contributed by atoms with Gasteiger partial charge in [-0.15, -0.1) is 0 Å². The molecule has 202 valence electrons. The smallest absolute Gasteiger partial charge is 0.261 e. The van der Waals surface area contributed by atoms with Gasteiger partial charge in [-0.2, -0.15) is 0 Å². The number of benzene rings is 3.